The lowest BCUT2D eigenvalue weighted by Crippen LogP contribution is -2.15. The van der Waals surface area contributed by atoms with E-state index in [2.05, 4.69) is 15.5 Å². The van der Waals surface area contributed by atoms with E-state index in [9.17, 15) is 23.7 Å². The number of hydrogen-bond acceptors (Lipinski definition) is 6. The quantitative estimate of drug-likeness (QED) is 0.264. The van der Waals surface area contributed by atoms with Crippen LogP contribution in [0.5, 0.6) is 5.75 Å². The molecule has 0 saturated heterocycles. The van der Waals surface area contributed by atoms with Crippen LogP contribution in [0.2, 0.25) is 5.02 Å². The van der Waals surface area contributed by atoms with Crippen LogP contribution >= 0.6 is 11.6 Å². The molecule has 0 atom stereocenters. The van der Waals surface area contributed by atoms with Crippen LogP contribution in [-0.4, -0.2) is 30.4 Å². The number of aryl methyl sites for hydroxylation is 1. The molecule has 2 aromatic carbocycles. The summed E-state index contributed by atoms with van der Waals surface area (Å²) in [6.07, 6.45) is 1.44. The third-order valence-electron chi connectivity index (χ3n) is 5.30. The van der Waals surface area contributed by atoms with Crippen LogP contribution in [-0.2, 0) is 13.3 Å². The van der Waals surface area contributed by atoms with E-state index in [4.69, 9.17) is 16.3 Å². The van der Waals surface area contributed by atoms with E-state index in [1.165, 1.54) is 29.1 Å². The van der Waals surface area contributed by atoms with Gasteiger partial charge in [0.25, 0.3) is 5.91 Å². The number of nitro groups is 1. The summed E-state index contributed by atoms with van der Waals surface area (Å²) in [5.41, 5.74) is 2.02. The highest BCUT2D eigenvalue weighted by molar-refractivity contribution is 6.31. The minimum atomic E-state index is -0.691. The van der Waals surface area contributed by atoms with Gasteiger partial charge in [-0.15, -0.1) is 0 Å². The van der Waals surface area contributed by atoms with Gasteiger partial charge in [-0.1, -0.05) is 17.7 Å². The summed E-state index contributed by atoms with van der Waals surface area (Å²) < 4.78 is 35.0. The number of anilines is 1. The lowest BCUT2D eigenvalue weighted by molar-refractivity contribution is -0.386. The second kappa shape index (κ2) is 10.1. The predicted molar refractivity (Wildman–Crippen MR) is 126 cm³/mol. The van der Waals surface area contributed by atoms with E-state index in [1.807, 2.05) is 0 Å². The highest BCUT2D eigenvalue weighted by Gasteiger charge is 2.19. The monoisotopic (exact) mass is 516 g/mol. The average molecular weight is 517 g/mol. The number of nitrogens with one attached hydrogen (secondary N) is 1. The first-order chi connectivity index (χ1) is 17.1. The molecular weight excluding hydrogens is 498 g/mol. The van der Waals surface area contributed by atoms with Gasteiger partial charge in [-0.25, -0.2) is 13.5 Å². The van der Waals surface area contributed by atoms with Crippen molar-refractivity contribution in [3.63, 3.8) is 0 Å². The molecule has 0 aliphatic carbocycles. The van der Waals surface area contributed by atoms with Crippen molar-refractivity contribution in [2.45, 2.75) is 27.1 Å². The molecule has 13 heteroatoms. The van der Waals surface area contributed by atoms with Crippen LogP contribution in [0.1, 0.15) is 27.4 Å². The number of carbonyl (C=O) groups excluding carboxylic acids is 1. The summed E-state index contributed by atoms with van der Waals surface area (Å²) in [7, 11) is 0. The Morgan fingerprint density at radius 2 is 1.86 bits per heavy atom. The van der Waals surface area contributed by atoms with Crippen LogP contribution in [0, 0.1) is 35.6 Å². The van der Waals surface area contributed by atoms with Crippen molar-refractivity contribution in [2.24, 2.45) is 0 Å². The third-order valence-corrected chi connectivity index (χ3v) is 5.65. The van der Waals surface area contributed by atoms with Gasteiger partial charge in [0.15, 0.2) is 12.4 Å². The van der Waals surface area contributed by atoms with Gasteiger partial charge in [0, 0.05) is 23.4 Å². The molecule has 0 saturated carbocycles. The van der Waals surface area contributed by atoms with Gasteiger partial charge in [0.2, 0.25) is 5.75 Å². The molecule has 4 aromatic rings. The minimum Gasteiger partial charge on any atom is -0.464 e. The second-order valence-electron chi connectivity index (χ2n) is 7.78. The first-order valence-corrected chi connectivity index (χ1v) is 10.9. The summed E-state index contributed by atoms with van der Waals surface area (Å²) >= 11 is 6.12. The van der Waals surface area contributed by atoms with E-state index in [1.54, 1.807) is 24.6 Å². The van der Waals surface area contributed by atoms with Crippen molar-refractivity contribution in [1.29, 1.82) is 0 Å². The fraction of sp³-hybridized carbons (Fsp3) is 0.174. The van der Waals surface area contributed by atoms with Gasteiger partial charge in [0.1, 0.15) is 11.6 Å². The maximum Gasteiger partial charge on any atom is 0.311 e. The van der Waals surface area contributed by atoms with Crippen LogP contribution in [0.15, 0.2) is 48.7 Å². The molecule has 2 aromatic heterocycles. The second-order valence-corrected chi connectivity index (χ2v) is 8.18. The lowest BCUT2D eigenvalue weighted by Gasteiger charge is -2.08. The molecule has 186 valence electrons. The van der Waals surface area contributed by atoms with Gasteiger partial charge in [0.05, 0.1) is 28.5 Å². The number of ether oxygens (including phenoxy) is 1. The molecule has 0 aliphatic heterocycles. The van der Waals surface area contributed by atoms with Crippen molar-refractivity contribution in [1.82, 2.24) is 19.6 Å². The molecule has 4 rings (SSSR count). The van der Waals surface area contributed by atoms with Gasteiger partial charge >= 0.3 is 5.69 Å². The average Bonchev–Trinajstić information content (AvgIpc) is 3.40. The fourth-order valence-electron chi connectivity index (χ4n) is 3.47. The number of hydrogen-bond donors (Lipinski definition) is 1. The Bertz CT molecular complexity index is 1470. The molecule has 0 radical (unpaired) electrons. The van der Waals surface area contributed by atoms with E-state index in [0.717, 1.165) is 18.2 Å². The summed E-state index contributed by atoms with van der Waals surface area (Å²) in [4.78, 5) is 23.2. The molecule has 0 aliphatic rings. The molecule has 0 spiro atoms. The van der Waals surface area contributed by atoms with Crippen molar-refractivity contribution in [3.05, 3.63) is 98.1 Å². The highest BCUT2D eigenvalue weighted by Crippen LogP contribution is 2.28. The maximum absolute atomic E-state index is 13.5. The number of nitro benzene ring substituents is 1. The van der Waals surface area contributed by atoms with Crippen molar-refractivity contribution in [3.8, 4) is 5.75 Å². The zero-order valence-electron chi connectivity index (χ0n) is 19.0. The summed E-state index contributed by atoms with van der Waals surface area (Å²) in [5, 5.41) is 22.7. The molecule has 36 heavy (non-hydrogen) atoms. The van der Waals surface area contributed by atoms with E-state index >= 15 is 0 Å². The minimum absolute atomic E-state index is 0.0560. The Morgan fingerprint density at radius 1 is 1.14 bits per heavy atom. The third kappa shape index (κ3) is 5.33. The Labute approximate surface area is 208 Å². The van der Waals surface area contributed by atoms with E-state index in [-0.39, 0.29) is 29.7 Å². The normalized spacial score (nSPS) is 10.9. The summed E-state index contributed by atoms with van der Waals surface area (Å²) in [5.74, 6) is -1.91. The van der Waals surface area contributed by atoms with Crippen LogP contribution in [0.25, 0.3) is 0 Å². The number of rotatable bonds is 8. The number of aromatic nitrogens is 4. The predicted octanol–water partition coefficient (Wildman–Crippen LogP) is 4.87. The van der Waals surface area contributed by atoms with Gasteiger partial charge in [-0.05, 0) is 43.7 Å². The molecule has 0 bridgehead atoms. The molecule has 0 fully saturated rings. The zero-order chi connectivity index (χ0) is 26.0. The highest BCUT2D eigenvalue weighted by atomic mass is 35.5. The van der Waals surface area contributed by atoms with Crippen molar-refractivity contribution < 1.29 is 23.2 Å². The first kappa shape index (κ1) is 24.8. The van der Waals surface area contributed by atoms with E-state index < -0.39 is 28.2 Å². The number of halogens is 3. The number of benzene rings is 2. The molecular formula is C23H19ClF2N6O4. The smallest absolute Gasteiger partial charge is 0.311 e. The number of carbonyl (C=O) groups is 1. The Morgan fingerprint density at radius 3 is 2.58 bits per heavy atom. The summed E-state index contributed by atoms with van der Waals surface area (Å²) in [6, 6.07) is 8.40. The van der Waals surface area contributed by atoms with Crippen LogP contribution in [0.3, 0.4) is 0 Å². The molecule has 0 unspecified atom stereocenters. The summed E-state index contributed by atoms with van der Waals surface area (Å²) in [6.45, 7) is 3.49. The van der Waals surface area contributed by atoms with Crippen LogP contribution < -0.4 is 10.1 Å². The fourth-order valence-corrected chi connectivity index (χ4v) is 3.69. The zero-order valence-corrected chi connectivity index (χ0v) is 19.8. The Hall–Kier alpha value is -4.32. The van der Waals surface area contributed by atoms with Crippen molar-refractivity contribution >= 4 is 28.9 Å². The first-order valence-electron chi connectivity index (χ1n) is 10.5. The Kier molecular flexibility index (Phi) is 6.97. The molecule has 10 nitrogen and oxygen atoms in total. The molecule has 1 amide bonds. The molecule has 1 N–H and O–H groups in total. The van der Waals surface area contributed by atoms with Gasteiger partial charge in [-0.3, -0.25) is 19.6 Å². The standard InChI is InChI=1S/C23H19ClF2N6O4/c1-13-22(14(2)31(28-13)11-15-3-4-16(25)9-18(15)24)27-23(33)19-7-8-30(29-19)12-36-21-10-17(26)5-6-20(21)32(34)35/h3-10H,11-12H2,1-2H3,(H,27,33). The maximum atomic E-state index is 13.5. The van der Waals surface area contributed by atoms with Crippen molar-refractivity contribution in [2.75, 3.05) is 5.32 Å². The number of amides is 1. The lowest BCUT2D eigenvalue weighted by atomic mass is 10.2. The van der Waals surface area contributed by atoms with Gasteiger partial charge in [-0.2, -0.15) is 10.2 Å². The largest absolute Gasteiger partial charge is 0.464 e. The SMILES string of the molecule is Cc1nn(Cc2ccc(F)cc2Cl)c(C)c1NC(=O)c1ccn(COc2cc(F)ccc2[N+](=O)[O-])n1. The van der Waals surface area contributed by atoms with E-state index in [0.29, 0.717) is 22.6 Å². The van der Waals surface area contributed by atoms with Crippen LogP contribution in [0.4, 0.5) is 20.2 Å². The molecule has 2 heterocycles. The Balaban J connectivity index is 1.45. The number of nitrogens with zero attached hydrogens (tertiary/aromatic N) is 5. The van der Waals surface area contributed by atoms with Gasteiger partial charge < -0.3 is 10.1 Å². The topological polar surface area (TPSA) is 117 Å².